The van der Waals surface area contributed by atoms with Crippen molar-refractivity contribution in [3.8, 4) is 0 Å². The van der Waals surface area contributed by atoms with Crippen LogP contribution in [0.1, 0.15) is 24.3 Å². The lowest BCUT2D eigenvalue weighted by Crippen LogP contribution is -2.24. The van der Waals surface area contributed by atoms with Crippen LogP contribution in [0.3, 0.4) is 0 Å². The van der Waals surface area contributed by atoms with E-state index in [1.54, 1.807) is 16.7 Å². The number of nitrogens with one attached hydrogen (secondary N) is 1. The number of aromatic nitrogens is 4. The summed E-state index contributed by atoms with van der Waals surface area (Å²) in [7, 11) is 1.90. The fraction of sp³-hybridized carbons (Fsp3) is 0.357. The van der Waals surface area contributed by atoms with Gasteiger partial charge in [-0.15, -0.1) is 0 Å². The summed E-state index contributed by atoms with van der Waals surface area (Å²) >= 11 is 12.1. The van der Waals surface area contributed by atoms with E-state index >= 15 is 0 Å². The van der Waals surface area contributed by atoms with Crippen molar-refractivity contribution in [3.63, 3.8) is 0 Å². The monoisotopic (exact) mass is 339 g/mol. The predicted molar refractivity (Wildman–Crippen MR) is 84.5 cm³/mol. The molecule has 1 unspecified atom stereocenters. The van der Waals surface area contributed by atoms with E-state index in [2.05, 4.69) is 27.4 Å². The number of halogens is 2. The average Bonchev–Trinajstić information content (AvgIpc) is 3.06. The molecule has 3 aromatic heterocycles. The highest BCUT2D eigenvalue weighted by Crippen LogP contribution is 2.22. The van der Waals surface area contributed by atoms with Crippen molar-refractivity contribution in [3.05, 3.63) is 45.9 Å². The second-order valence-electron chi connectivity index (χ2n) is 5.14. The van der Waals surface area contributed by atoms with Crippen molar-refractivity contribution in [2.45, 2.75) is 25.8 Å². The molecule has 1 atom stereocenters. The average molecular weight is 340 g/mol. The van der Waals surface area contributed by atoms with Gasteiger partial charge in [0.25, 0.3) is 0 Å². The molecule has 0 saturated heterocycles. The standard InChI is InChI=1S/C14H15Cl2N5O/c1-8(17-2)3-12-19-13(22-20-12)5-10-7-21-6-9(15)4-11(16)14(21)18-10/h4,6-8,17H,3,5H2,1-2H3. The molecule has 8 heteroatoms. The summed E-state index contributed by atoms with van der Waals surface area (Å²) in [4.78, 5) is 8.84. The number of hydrogen-bond donors (Lipinski definition) is 1. The molecular weight excluding hydrogens is 325 g/mol. The molecule has 0 amide bonds. The van der Waals surface area contributed by atoms with Gasteiger partial charge >= 0.3 is 0 Å². The molecule has 0 bridgehead atoms. The number of hydrogen-bond acceptors (Lipinski definition) is 5. The molecule has 0 spiro atoms. The molecule has 0 aromatic carbocycles. The maximum Gasteiger partial charge on any atom is 0.232 e. The summed E-state index contributed by atoms with van der Waals surface area (Å²) in [6, 6.07) is 1.96. The van der Waals surface area contributed by atoms with E-state index in [0.29, 0.717) is 46.3 Å². The van der Waals surface area contributed by atoms with Gasteiger partial charge in [0.05, 0.1) is 22.2 Å². The number of likely N-dealkylation sites (N-methyl/N-ethyl adjacent to an activating group) is 1. The lowest BCUT2D eigenvalue weighted by Gasteiger charge is -2.04. The van der Waals surface area contributed by atoms with E-state index < -0.39 is 0 Å². The third kappa shape index (κ3) is 3.24. The van der Waals surface area contributed by atoms with Crippen LogP contribution in [0, 0.1) is 0 Å². The van der Waals surface area contributed by atoms with Gasteiger partial charge in [0.15, 0.2) is 11.5 Å². The second-order valence-corrected chi connectivity index (χ2v) is 5.99. The zero-order valence-corrected chi connectivity index (χ0v) is 13.7. The Kier molecular flexibility index (Phi) is 4.33. The number of nitrogens with zero attached hydrogens (tertiary/aromatic N) is 4. The first-order valence-corrected chi connectivity index (χ1v) is 7.62. The lowest BCUT2D eigenvalue weighted by molar-refractivity contribution is 0.376. The van der Waals surface area contributed by atoms with E-state index in [1.807, 2.05) is 13.2 Å². The van der Waals surface area contributed by atoms with Gasteiger partial charge in [-0.3, -0.25) is 0 Å². The summed E-state index contributed by atoms with van der Waals surface area (Å²) < 4.78 is 7.06. The van der Waals surface area contributed by atoms with Crippen molar-refractivity contribution in [1.29, 1.82) is 0 Å². The van der Waals surface area contributed by atoms with Gasteiger partial charge < -0.3 is 14.2 Å². The zero-order chi connectivity index (χ0) is 15.7. The van der Waals surface area contributed by atoms with E-state index in [-0.39, 0.29) is 0 Å². The van der Waals surface area contributed by atoms with Gasteiger partial charge in [-0.1, -0.05) is 28.4 Å². The van der Waals surface area contributed by atoms with Crippen molar-refractivity contribution in [2.75, 3.05) is 7.05 Å². The molecule has 3 heterocycles. The van der Waals surface area contributed by atoms with Gasteiger partial charge in [0.1, 0.15) is 0 Å². The Morgan fingerprint density at radius 1 is 1.32 bits per heavy atom. The third-order valence-electron chi connectivity index (χ3n) is 3.35. The largest absolute Gasteiger partial charge is 0.339 e. The van der Waals surface area contributed by atoms with Gasteiger partial charge in [0.2, 0.25) is 5.89 Å². The Morgan fingerprint density at radius 2 is 2.14 bits per heavy atom. The Labute approximate surface area is 137 Å². The van der Waals surface area contributed by atoms with E-state index in [1.165, 1.54) is 0 Å². The van der Waals surface area contributed by atoms with Gasteiger partial charge in [-0.2, -0.15) is 4.98 Å². The van der Waals surface area contributed by atoms with Gasteiger partial charge in [-0.05, 0) is 20.0 Å². The number of pyridine rings is 1. The predicted octanol–water partition coefficient (Wildman–Crippen LogP) is 2.77. The SMILES string of the molecule is CNC(C)Cc1noc(Cc2cn3cc(Cl)cc(Cl)c3n2)n1. The summed E-state index contributed by atoms with van der Waals surface area (Å²) in [6.45, 7) is 2.06. The molecular formula is C14H15Cl2N5O. The molecule has 116 valence electrons. The Morgan fingerprint density at radius 3 is 2.91 bits per heavy atom. The van der Waals surface area contributed by atoms with Crippen LogP contribution in [0.4, 0.5) is 0 Å². The molecule has 0 aliphatic carbocycles. The minimum atomic E-state index is 0.293. The van der Waals surface area contributed by atoms with Crippen LogP contribution in [-0.2, 0) is 12.8 Å². The van der Waals surface area contributed by atoms with Crippen LogP contribution in [0.5, 0.6) is 0 Å². The minimum absolute atomic E-state index is 0.293. The Bertz CT molecular complexity index is 798. The van der Waals surface area contributed by atoms with E-state index in [9.17, 15) is 0 Å². The van der Waals surface area contributed by atoms with Crippen molar-refractivity contribution in [1.82, 2.24) is 24.8 Å². The normalized spacial score (nSPS) is 12.9. The highest BCUT2D eigenvalue weighted by molar-refractivity contribution is 6.36. The maximum absolute atomic E-state index is 6.13. The number of fused-ring (bicyclic) bond motifs is 1. The number of rotatable bonds is 5. The van der Waals surface area contributed by atoms with Crippen LogP contribution in [0.2, 0.25) is 10.0 Å². The second kappa shape index (κ2) is 6.24. The van der Waals surface area contributed by atoms with Crippen LogP contribution in [0.25, 0.3) is 5.65 Å². The fourth-order valence-corrected chi connectivity index (χ4v) is 2.66. The molecule has 0 aliphatic heterocycles. The Balaban J connectivity index is 1.80. The highest BCUT2D eigenvalue weighted by Gasteiger charge is 2.13. The van der Waals surface area contributed by atoms with Crippen LogP contribution < -0.4 is 5.32 Å². The topological polar surface area (TPSA) is 68.2 Å². The fourth-order valence-electron chi connectivity index (χ4n) is 2.14. The smallest absolute Gasteiger partial charge is 0.232 e. The highest BCUT2D eigenvalue weighted by atomic mass is 35.5. The molecule has 0 radical (unpaired) electrons. The molecule has 6 nitrogen and oxygen atoms in total. The third-order valence-corrected chi connectivity index (χ3v) is 3.83. The molecule has 0 fully saturated rings. The summed E-state index contributed by atoms with van der Waals surface area (Å²) in [5, 5.41) is 8.18. The number of imidazole rings is 1. The first kappa shape index (κ1) is 15.3. The first-order valence-electron chi connectivity index (χ1n) is 6.86. The summed E-state index contributed by atoms with van der Waals surface area (Å²) in [5.74, 6) is 1.21. The quantitative estimate of drug-likeness (QED) is 0.774. The maximum atomic E-state index is 6.13. The van der Waals surface area contributed by atoms with Crippen molar-refractivity contribution >= 4 is 28.8 Å². The Hall–Kier alpha value is -1.63. The molecule has 3 aromatic rings. The van der Waals surface area contributed by atoms with Crippen molar-refractivity contribution in [2.24, 2.45) is 0 Å². The van der Waals surface area contributed by atoms with Gasteiger partial charge in [0, 0.05) is 24.9 Å². The van der Waals surface area contributed by atoms with Gasteiger partial charge in [-0.25, -0.2) is 4.98 Å². The molecule has 22 heavy (non-hydrogen) atoms. The first-order chi connectivity index (χ1) is 10.5. The van der Waals surface area contributed by atoms with E-state index in [0.717, 1.165) is 5.69 Å². The summed E-state index contributed by atoms with van der Waals surface area (Å²) in [5.41, 5.74) is 1.45. The minimum Gasteiger partial charge on any atom is -0.339 e. The molecule has 0 saturated carbocycles. The van der Waals surface area contributed by atoms with E-state index in [4.69, 9.17) is 27.7 Å². The van der Waals surface area contributed by atoms with Crippen LogP contribution >= 0.6 is 23.2 Å². The van der Waals surface area contributed by atoms with Crippen molar-refractivity contribution < 1.29 is 4.52 Å². The zero-order valence-electron chi connectivity index (χ0n) is 12.2. The lowest BCUT2D eigenvalue weighted by atomic mass is 10.2. The molecule has 1 N–H and O–H groups in total. The van der Waals surface area contributed by atoms with Crippen LogP contribution in [-0.4, -0.2) is 32.6 Å². The molecule has 3 rings (SSSR count). The van der Waals surface area contributed by atoms with Crippen LogP contribution in [0.15, 0.2) is 23.0 Å². The molecule has 0 aliphatic rings. The summed E-state index contributed by atoms with van der Waals surface area (Å²) in [6.07, 6.45) is 4.78.